The fourth-order valence-corrected chi connectivity index (χ4v) is 1.84. The van der Waals surface area contributed by atoms with E-state index < -0.39 is 0 Å². The summed E-state index contributed by atoms with van der Waals surface area (Å²) in [5, 5.41) is 7.06. The zero-order valence-electron chi connectivity index (χ0n) is 11.4. The van der Waals surface area contributed by atoms with Crippen LogP contribution in [0.15, 0.2) is 30.7 Å². The van der Waals surface area contributed by atoms with Crippen LogP contribution in [0.5, 0.6) is 0 Å². The van der Waals surface area contributed by atoms with Crippen molar-refractivity contribution in [2.24, 2.45) is 7.05 Å². The van der Waals surface area contributed by atoms with Gasteiger partial charge in [-0.05, 0) is 25.5 Å². The molecule has 5 heteroatoms. The number of nitrogens with zero attached hydrogens (tertiary/aromatic N) is 3. The molecule has 0 spiro atoms. The average Bonchev–Trinajstić information content (AvgIpc) is 2.85. The summed E-state index contributed by atoms with van der Waals surface area (Å²) in [7, 11) is 1.86. The summed E-state index contributed by atoms with van der Waals surface area (Å²) >= 11 is 0. The number of nitrogens with one attached hydrogen (secondary N) is 1. The molecule has 1 N–H and O–H groups in total. The van der Waals surface area contributed by atoms with Gasteiger partial charge >= 0.3 is 0 Å². The van der Waals surface area contributed by atoms with E-state index in [-0.39, 0.29) is 11.9 Å². The molecule has 5 nitrogen and oxygen atoms in total. The van der Waals surface area contributed by atoms with Crippen molar-refractivity contribution in [3.63, 3.8) is 0 Å². The summed E-state index contributed by atoms with van der Waals surface area (Å²) in [5.74, 6) is -0.0894. The van der Waals surface area contributed by atoms with Crippen molar-refractivity contribution in [2.45, 2.75) is 26.3 Å². The van der Waals surface area contributed by atoms with Crippen molar-refractivity contribution in [3.8, 4) is 0 Å². The van der Waals surface area contributed by atoms with E-state index in [4.69, 9.17) is 0 Å². The van der Waals surface area contributed by atoms with Crippen LogP contribution < -0.4 is 5.32 Å². The third kappa shape index (κ3) is 3.19. The number of carbonyl (C=O) groups excluding carboxylic acids is 1. The van der Waals surface area contributed by atoms with Crippen molar-refractivity contribution in [3.05, 3.63) is 47.5 Å². The van der Waals surface area contributed by atoms with E-state index in [1.807, 2.05) is 33.2 Å². The first-order chi connectivity index (χ1) is 9.10. The maximum atomic E-state index is 12.1. The maximum Gasteiger partial charge on any atom is 0.251 e. The van der Waals surface area contributed by atoms with E-state index in [1.54, 1.807) is 23.1 Å². The van der Waals surface area contributed by atoms with Gasteiger partial charge in [0.15, 0.2) is 0 Å². The molecule has 0 unspecified atom stereocenters. The van der Waals surface area contributed by atoms with Gasteiger partial charge in [-0.1, -0.05) is 6.92 Å². The summed E-state index contributed by atoms with van der Waals surface area (Å²) < 4.78 is 1.72. The monoisotopic (exact) mass is 258 g/mol. The van der Waals surface area contributed by atoms with E-state index in [0.29, 0.717) is 5.56 Å². The summed E-state index contributed by atoms with van der Waals surface area (Å²) in [5.41, 5.74) is 2.55. The van der Waals surface area contributed by atoms with Crippen LogP contribution in [0.4, 0.5) is 0 Å². The van der Waals surface area contributed by atoms with Crippen LogP contribution in [0.1, 0.15) is 41.5 Å². The Morgan fingerprint density at radius 3 is 2.95 bits per heavy atom. The van der Waals surface area contributed by atoms with Crippen molar-refractivity contribution in [1.82, 2.24) is 20.1 Å². The van der Waals surface area contributed by atoms with E-state index in [9.17, 15) is 4.79 Å². The zero-order valence-corrected chi connectivity index (χ0v) is 11.4. The van der Waals surface area contributed by atoms with Gasteiger partial charge in [0.25, 0.3) is 5.91 Å². The highest BCUT2D eigenvalue weighted by Crippen LogP contribution is 2.12. The Bertz CT molecular complexity index is 576. The van der Waals surface area contributed by atoms with Gasteiger partial charge in [0.05, 0.1) is 12.2 Å². The summed E-state index contributed by atoms with van der Waals surface area (Å²) in [6, 6.07) is 3.48. The standard InChI is InChI=1S/C14H18N4O/c1-4-13-7-11(5-6-15-13)14(19)17-10(2)12-8-16-18(3)9-12/h5-10H,4H2,1-3H3,(H,17,19)/t10-/m1/s1. The molecule has 1 amide bonds. The Hall–Kier alpha value is -2.17. The normalized spacial score (nSPS) is 12.2. The molecule has 19 heavy (non-hydrogen) atoms. The second-order valence-electron chi connectivity index (χ2n) is 4.53. The molecule has 2 rings (SSSR count). The number of carbonyl (C=O) groups is 1. The quantitative estimate of drug-likeness (QED) is 0.910. The molecule has 0 radical (unpaired) electrons. The molecule has 0 saturated heterocycles. The van der Waals surface area contributed by atoms with Crippen molar-refractivity contribution in [1.29, 1.82) is 0 Å². The number of aryl methyl sites for hydroxylation is 2. The molecular formula is C14H18N4O. The third-order valence-corrected chi connectivity index (χ3v) is 3.01. The van der Waals surface area contributed by atoms with Crippen LogP contribution in [0, 0.1) is 0 Å². The molecule has 100 valence electrons. The molecule has 0 aliphatic heterocycles. The molecule has 0 aliphatic rings. The van der Waals surface area contributed by atoms with Gasteiger partial charge in [-0.25, -0.2) is 0 Å². The van der Waals surface area contributed by atoms with Gasteiger partial charge in [0.2, 0.25) is 0 Å². The van der Waals surface area contributed by atoms with Gasteiger partial charge < -0.3 is 5.32 Å². The summed E-state index contributed by atoms with van der Waals surface area (Å²) in [4.78, 5) is 16.3. The topological polar surface area (TPSA) is 59.8 Å². The number of aromatic nitrogens is 3. The van der Waals surface area contributed by atoms with Crippen LogP contribution in [0.25, 0.3) is 0 Å². The van der Waals surface area contributed by atoms with Gasteiger partial charge in [-0.3, -0.25) is 14.5 Å². The van der Waals surface area contributed by atoms with E-state index in [0.717, 1.165) is 17.7 Å². The highest BCUT2D eigenvalue weighted by atomic mass is 16.1. The molecular weight excluding hydrogens is 240 g/mol. The van der Waals surface area contributed by atoms with Crippen LogP contribution >= 0.6 is 0 Å². The molecule has 0 aliphatic carbocycles. The Balaban J connectivity index is 2.08. The lowest BCUT2D eigenvalue weighted by atomic mass is 10.1. The van der Waals surface area contributed by atoms with Crippen molar-refractivity contribution in [2.75, 3.05) is 0 Å². The number of hydrogen-bond acceptors (Lipinski definition) is 3. The van der Waals surface area contributed by atoms with Crippen LogP contribution in [-0.2, 0) is 13.5 Å². The SMILES string of the molecule is CCc1cc(C(=O)N[C@H](C)c2cnn(C)c2)ccn1. The van der Waals surface area contributed by atoms with Crippen molar-refractivity contribution >= 4 is 5.91 Å². The molecule has 0 bridgehead atoms. The van der Waals surface area contributed by atoms with Gasteiger partial charge in [-0.15, -0.1) is 0 Å². The Kier molecular flexibility index (Phi) is 3.94. The zero-order chi connectivity index (χ0) is 13.8. The minimum atomic E-state index is -0.0894. The van der Waals surface area contributed by atoms with E-state index >= 15 is 0 Å². The first-order valence-electron chi connectivity index (χ1n) is 6.34. The molecule has 0 fully saturated rings. The fourth-order valence-electron chi connectivity index (χ4n) is 1.84. The molecule has 2 aromatic rings. The van der Waals surface area contributed by atoms with Crippen molar-refractivity contribution < 1.29 is 4.79 Å². The molecule has 0 aromatic carbocycles. The lowest BCUT2D eigenvalue weighted by molar-refractivity contribution is 0.0939. The first-order valence-corrected chi connectivity index (χ1v) is 6.34. The highest BCUT2D eigenvalue weighted by Gasteiger charge is 2.13. The average molecular weight is 258 g/mol. The smallest absolute Gasteiger partial charge is 0.251 e. The maximum absolute atomic E-state index is 12.1. The Morgan fingerprint density at radius 2 is 2.32 bits per heavy atom. The summed E-state index contributed by atoms with van der Waals surface area (Å²) in [6.07, 6.45) is 6.14. The number of pyridine rings is 1. The largest absolute Gasteiger partial charge is 0.345 e. The molecule has 1 atom stereocenters. The first kappa shape index (κ1) is 13.3. The molecule has 2 heterocycles. The summed E-state index contributed by atoms with van der Waals surface area (Å²) in [6.45, 7) is 3.96. The van der Waals surface area contributed by atoms with E-state index in [1.165, 1.54) is 0 Å². The Morgan fingerprint density at radius 1 is 1.53 bits per heavy atom. The van der Waals surface area contributed by atoms with Gasteiger partial charge in [0, 0.05) is 36.3 Å². The van der Waals surface area contributed by atoms with Gasteiger partial charge in [0.1, 0.15) is 0 Å². The fraction of sp³-hybridized carbons (Fsp3) is 0.357. The minimum absolute atomic E-state index is 0.0700. The predicted molar refractivity (Wildman–Crippen MR) is 72.7 cm³/mol. The highest BCUT2D eigenvalue weighted by molar-refractivity contribution is 5.94. The van der Waals surface area contributed by atoms with Gasteiger partial charge in [-0.2, -0.15) is 5.10 Å². The minimum Gasteiger partial charge on any atom is -0.345 e. The lowest BCUT2D eigenvalue weighted by Gasteiger charge is -2.12. The third-order valence-electron chi connectivity index (χ3n) is 3.01. The number of hydrogen-bond donors (Lipinski definition) is 1. The molecule has 2 aromatic heterocycles. The lowest BCUT2D eigenvalue weighted by Crippen LogP contribution is -2.26. The Labute approximate surface area is 112 Å². The second kappa shape index (κ2) is 5.65. The number of rotatable bonds is 4. The predicted octanol–water partition coefficient (Wildman–Crippen LogP) is 1.87. The van der Waals surface area contributed by atoms with Crippen LogP contribution in [-0.4, -0.2) is 20.7 Å². The second-order valence-corrected chi connectivity index (χ2v) is 4.53. The van der Waals surface area contributed by atoms with Crippen LogP contribution in [0.2, 0.25) is 0 Å². The van der Waals surface area contributed by atoms with Crippen LogP contribution in [0.3, 0.4) is 0 Å². The molecule has 0 saturated carbocycles. The number of amides is 1. The van der Waals surface area contributed by atoms with E-state index in [2.05, 4.69) is 15.4 Å².